The Morgan fingerprint density at radius 3 is 2.73 bits per heavy atom. The molecule has 1 aromatic heterocycles. The molecule has 0 radical (unpaired) electrons. The van der Waals surface area contributed by atoms with E-state index in [0.29, 0.717) is 11.5 Å². The Morgan fingerprint density at radius 2 is 2.27 bits per heavy atom. The lowest BCUT2D eigenvalue weighted by molar-refractivity contribution is 0.417. The molecule has 0 bridgehead atoms. The molecule has 3 heteroatoms. The van der Waals surface area contributed by atoms with Crippen molar-refractivity contribution in [1.82, 2.24) is 5.32 Å². The standard InChI is InChI=1S/C12H18BrNS/c1-3-12(6-7-12)8-14-9(2)10-4-5-11(13)15-10/h4-5,9,14H,3,6-8H2,1-2H3. The summed E-state index contributed by atoms with van der Waals surface area (Å²) in [5, 5.41) is 3.66. The zero-order valence-corrected chi connectivity index (χ0v) is 11.7. The Labute approximate surface area is 104 Å². The summed E-state index contributed by atoms with van der Waals surface area (Å²) >= 11 is 5.34. The van der Waals surface area contributed by atoms with Gasteiger partial charge in [-0.15, -0.1) is 11.3 Å². The zero-order chi connectivity index (χ0) is 10.9. The van der Waals surface area contributed by atoms with E-state index >= 15 is 0 Å². The molecule has 1 atom stereocenters. The normalized spacial score (nSPS) is 20.2. The van der Waals surface area contributed by atoms with Crippen molar-refractivity contribution in [3.63, 3.8) is 0 Å². The fourth-order valence-electron chi connectivity index (χ4n) is 1.86. The number of rotatable bonds is 5. The van der Waals surface area contributed by atoms with Crippen molar-refractivity contribution < 1.29 is 0 Å². The zero-order valence-electron chi connectivity index (χ0n) is 9.35. The van der Waals surface area contributed by atoms with Gasteiger partial charge in [-0.2, -0.15) is 0 Å². The van der Waals surface area contributed by atoms with Crippen molar-refractivity contribution >= 4 is 27.3 Å². The number of halogens is 1. The maximum atomic E-state index is 3.66. The predicted octanol–water partition coefficient (Wildman–Crippen LogP) is 4.35. The van der Waals surface area contributed by atoms with Crippen LogP contribution in [-0.4, -0.2) is 6.54 Å². The second-order valence-corrected chi connectivity index (χ2v) is 7.09. The molecule has 0 saturated heterocycles. The summed E-state index contributed by atoms with van der Waals surface area (Å²) in [4.78, 5) is 1.42. The van der Waals surface area contributed by atoms with Crippen molar-refractivity contribution in [2.75, 3.05) is 6.54 Å². The van der Waals surface area contributed by atoms with Gasteiger partial charge in [0, 0.05) is 17.5 Å². The first-order valence-electron chi connectivity index (χ1n) is 5.64. The minimum Gasteiger partial charge on any atom is -0.309 e. The lowest BCUT2D eigenvalue weighted by Crippen LogP contribution is -2.25. The Balaban J connectivity index is 1.85. The molecule has 15 heavy (non-hydrogen) atoms. The fraction of sp³-hybridized carbons (Fsp3) is 0.667. The van der Waals surface area contributed by atoms with Crippen LogP contribution in [0, 0.1) is 5.41 Å². The van der Waals surface area contributed by atoms with E-state index in [-0.39, 0.29) is 0 Å². The van der Waals surface area contributed by atoms with Crippen molar-refractivity contribution in [2.45, 2.75) is 39.2 Å². The topological polar surface area (TPSA) is 12.0 Å². The van der Waals surface area contributed by atoms with Crippen molar-refractivity contribution in [3.05, 3.63) is 20.8 Å². The third-order valence-corrected chi connectivity index (χ3v) is 5.32. The minimum absolute atomic E-state index is 0.491. The minimum atomic E-state index is 0.491. The Bertz CT molecular complexity index is 330. The molecule has 1 N–H and O–H groups in total. The van der Waals surface area contributed by atoms with Gasteiger partial charge in [0.2, 0.25) is 0 Å². The van der Waals surface area contributed by atoms with E-state index in [4.69, 9.17) is 0 Å². The number of hydrogen-bond donors (Lipinski definition) is 1. The fourth-order valence-corrected chi connectivity index (χ4v) is 3.31. The van der Waals surface area contributed by atoms with E-state index in [0.717, 1.165) is 0 Å². The molecule has 0 aliphatic heterocycles. The molecule has 84 valence electrons. The van der Waals surface area contributed by atoms with E-state index in [1.54, 1.807) is 0 Å². The molecule has 1 aliphatic carbocycles. The van der Waals surface area contributed by atoms with Crippen molar-refractivity contribution in [2.24, 2.45) is 5.41 Å². The Morgan fingerprint density at radius 1 is 1.53 bits per heavy atom. The van der Waals surface area contributed by atoms with Gasteiger partial charge in [0.15, 0.2) is 0 Å². The van der Waals surface area contributed by atoms with E-state index < -0.39 is 0 Å². The van der Waals surface area contributed by atoms with Gasteiger partial charge in [-0.3, -0.25) is 0 Å². The van der Waals surface area contributed by atoms with Crippen LogP contribution in [0.3, 0.4) is 0 Å². The van der Waals surface area contributed by atoms with Crippen LogP contribution in [0.15, 0.2) is 15.9 Å². The van der Waals surface area contributed by atoms with E-state index in [1.807, 2.05) is 11.3 Å². The van der Waals surface area contributed by atoms with Gasteiger partial charge in [-0.25, -0.2) is 0 Å². The lowest BCUT2D eigenvalue weighted by atomic mass is 10.0. The predicted molar refractivity (Wildman–Crippen MR) is 70.4 cm³/mol. The van der Waals surface area contributed by atoms with Crippen molar-refractivity contribution in [3.8, 4) is 0 Å². The lowest BCUT2D eigenvalue weighted by Gasteiger charge is -2.17. The van der Waals surface area contributed by atoms with Gasteiger partial charge in [0.1, 0.15) is 0 Å². The summed E-state index contributed by atoms with van der Waals surface area (Å²) < 4.78 is 1.22. The summed E-state index contributed by atoms with van der Waals surface area (Å²) in [5.41, 5.74) is 0.642. The SMILES string of the molecule is CCC1(CNC(C)c2ccc(Br)s2)CC1. The molecule has 1 saturated carbocycles. The van der Waals surface area contributed by atoms with Crippen LogP contribution in [0.4, 0.5) is 0 Å². The smallest absolute Gasteiger partial charge is 0.0701 e. The molecule has 1 nitrogen and oxygen atoms in total. The quantitative estimate of drug-likeness (QED) is 0.849. The number of hydrogen-bond acceptors (Lipinski definition) is 2. The molecule has 1 unspecified atom stereocenters. The number of nitrogens with one attached hydrogen (secondary N) is 1. The average molecular weight is 288 g/mol. The third-order valence-electron chi connectivity index (χ3n) is 3.51. The largest absolute Gasteiger partial charge is 0.309 e. The van der Waals surface area contributed by atoms with Crippen LogP contribution in [0.1, 0.15) is 44.0 Å². The van der Waals surface area contributed by atoms with Crippen LogP contribution < -0.4 is 5.32 Å². The first kappa shape index (κ1) is 11.6. The molecular weight excluding hydrogens is 270 g/mol. The molecule has 0 amide bonds. The molecule has 0 spiro atoms. The molecule has 1 fully saturated rings. The highest BCUT2D eigenvalue weighted by Gasteiger charge is 2.40. The molecule has 1 heterocycles. The van der Waals surface area contributed by atoms with Gasteiger partial charge in [0.25, 0.3) is 0 Å². The monoisotopic (exact) mass is 287 g/mol. The number of thiophene rings is 1. The maximum Gasteiger partial charge on any atom is 0.0701 e. The summed E-state index contributed by atoms with van der Waals surface area (Å²) in [6, 6.07) is 4.83. The van der Waals surface area contributed by atoms with E-state index in [1.165, 1.54) is 34.5 Å². The van der Waals surface area contributed by atoms with Crippen molar-refractivity contribution in [1.29, 1.82) is 0 Å². The van der Waals surface area contributed by atoms with Gasteiger partial charge in [-0.1, -0.05) is 6.92 Å². The Hall–Kier alpha value is 0.140. The van der Waals surface area contributed by atoms with Crippen LogP contribution in [0.5, 0.6) is 0 Å². The van der Waals surface area contributed by atoms with Gasteiger partial charge < -0.3 is 5.32 Å². The summed E-state index contributed by atoms with van der Waals surface area (Å²) in [7, 11) is 0. The highest BCUT2D eigenvalue weighted by Crippen LogP contribution is 2.48. The molecule has 1 aliphatic rings. The first-order valence-corrected chi connectivity index (χ1v) is 7.25. The maximum absolute atomic E-state index is 3.66. The average Bonchev–Trinajstić information content (AvgIpc) is 2.90. The molecular formula is C12H18BrNS. The molecule has 2 rings (SSSR count). The van der Waals surface area contributed by atoms with Crippen LogP contribution in [0.25, 0.3) is 0 Å². The van der Waals surface area contributed by atoms with Gasteiger partial charge >= 0.3 is 0 Å². The second kappa shape index (κ2) is 4.56. The first-order chi connectivity index (χ1) is 7.15. The van der Waals surface area contributed by atoms with Crippen LogP contribution in [0.2, 0.25) is 0 Å². The highest BCUT2D eigenvalue weighted by molar-refractivity contribution is 9.11. The van der Waals surface area contributed by atoms with Crippen LogP contribution >= 0.6 is 27.3 Å². The highest BCUT2D eigenvalue weighted by atomic mass is 79.9. The second-order valence-electron chi connectivity index (χ2n) is 4.60. The van der Waals surface area contributed by atoms with Gasteiger partial charge in [-0.05, 0) is 59.7 Å². The van der Waals surface area contributed by atoms with Gasteiger partial charge in [0.05, 0.1) is 3.79 Å². The van der Waals surface area contributed by atoms with E-state index in [2.05, 4.69) is 47.2 Å². The molecule has 1 aromatic rings. The summed E-state index contributed by atoms with van der Waals surface area (Å²) in [6.45, 7) is 5.74. The van der Waals surface area contributed by atoms with E-state index in [9.17, 15) is 0 Å². The van der Waals surface area contributed by atoms with Crippen LogP contribution in [-0.2, 0) is 0 Å². The third kappa shape index (κ3) is 2.83. The summed E-state index contributed by atoms with van der Waals surface area (Å²) in [5.74, 6) is 0. The molecule has 0 aromatic carbocycles. The Kier molecular flexibility index (Phi) is 3.53. The summed E-state index contributed by atoms with van der Waals surface area (Å²) in [6.07, 6.45) is 4.15.